The van der Waals surface area contributed by atoms with Gasteiger partial charge in [-0.3, -0.25) is 4.79 Å². The second kappa shape index (κ2) is 9.53. The van der Waals surface area contributed by atoms with E-state index in [1.54, 1.807) is 42.5 Å². The van der Waals surface area contributed by atoms with E-state index in [-0.39, 0.29) is 12.5 Å². The van der Waals surface area contributed by atoms with Crippen LogP contribution >= 0.6 is 11.6 Å². The predicted octanol–water partition coefficient (Wildman–Crippen LogP) is 5.39. The van der Waals surface area contributed by atoms with Gasteiger partial charge in [-0.05, 0) is 49.4 Å². The Hall–Kier alpha value is -3.84. The van der Waals surface area contributed by atoms with Crippen molar-refractivity contribution in [1.29, 1.82) is 0 Å². The lowest BCUT2D eigenvalue weighted by atomic mass is 10.1. The molecule has 3 aromatic carbocycles. The average molecular weight is 450 g/mol. The first-order valence-corrected chi connectivity index (χ1v) is 10.2. The fourth-order valence-electron chi connectivity index (χ4n) is 2.97. The summed E-state index contributed by atoms with van der Waals surface area (Å²) in [6.45, 7) is 1.85. The summed E-state index contributed by atoms with van der Waals surface area (Å²) >= 11 is 5.98. The molecule has 0 radical (unpaired) electrons. The lowest BCUT2D eigenvalue weighted by molar-refractivity contribution is -0.118. The number of carbonyl (C=O) groups excluding carboxylic acids is 1. The number of aromatic nitrogens is 2. The van der Waals surface area contributed by atoms with Crippen molar-refractivity contribution in [2.75, 3.05) is 19.0 Å². The third kappa shape index (κ3) is 5.07. The van der Waals surface area contributed by atoms with E-state index in [0.717, 1.165) is 16.7 Å². The van der Waals surface area contributed by atoms with Crippen LogP contribution in [0.4, 0.5) is 5.69 Å². The number of halogens is 1. The van der Waals surface area contributed by atoms with Crippen molar-refractivity contribution in [2.45, 2.75) is 6.92 Å². The average Bonchev–Trinajstić information content (AvgIpc) is 3.29. The van der Waals surface area contributed by atoms with Gasteiger partial charge in [-0.1, -0.05) is 46.6 Å². The second-order valence-corrected chi connectivity index (χ2v) is 7.43. The normalized spacial score (nSPS) is 10.6. The molecule has 0 saturated heterocycles. The maximum Gasteiger partial charge on any atom is 0.262 e. The molecular formula is C24H20ClN3O4. The molecule has 0 saturated carbocycles. The highest BCUT2D eigenvalue weighted by Gasteiger charge is 2.12. The van der Waals surface area contributed by atoms with Gasteiger partial charge in [0.2, 0.25) is 5.82 Å². The molecule has 1 aromatic heterocycles. The van der Waals surface area contributed by atoms with Crippen LogP contribution in [0.15, 0.2) is 71.3 Å². The fraction of sp³-hybridized carbons (Fsp3) is 0.125. The Morgan fingerprint density at radius 2 is 1.75 bits per heavy atom. The molecule has 1 N–H and O–H groups in total. The van der Waals surface area contributed by atoms with Crippen LogP contribution in [0.25, 0.3) is 22.8 Å². The highest BCUT2D eigenvalue weighted by Crippen LogP contribution is 2.28. The summed E-state index contributed by atoms with van der Waals surface area (Å²) in [6, 6.07) is 19.9. The zero-order valence-corrected chi connectivity index (χ0v) is 18.2. The number of nitrogens with zero attached hydrogens (tertiary/aromatic N) is 2. The van der Waals surface area contributed by atoms with Crippen LogP contribution in [-0.2, 0) is 4.79 Å². The van der Waals surface area contributed by atoms with Gasteiger partial charge in [-0.15, -0.1) is 0 Å². The molecule has 1 heterocycles. The summed E-state index contributed by atoms with van der Waals surface area (Å²) in [4.78, 5) is 16.7. The minimum atomic E-state index is -0.339. The number of aryl methyl sites for hydroxylation is 1. The second-order valence-electron chi connectivity index (χ2n) is 6.99. The van der Waals surface area contributed by atoms with Crippen LogP contribution < -0.4 is 14.8 Å². The lowest BCUT2D eigenvalue weighted by Crippen LogP contribution is -2.20. The Labute approximate surface area is 189 Å². The van der Waals surface area contributed by atoms with Crippen molar-refractivity contribution in [3.05, 3.63) is 77.3 Å². The molecule has 4 aromatic rings. The van der Waals surface area contributed by atoms with Crippen molar-refractivity contribution in [3.63, 3.8) is 0 Å². The Morgan fingerprint density at radius 3 is 2.47 bits per heavy atom. The quantitative estimate of drug-likeness (QED) is 0.407. The minimum absolute atomic E-state index is 0.173. The monoisotopic (exact) mass is 449 g/mol. The summed E-state index contributed by atoms with van der Waals surface area (Å²) in [6.07, 6.45) is 0. The molecule has 8 heteroatoms. The smallest absolute Gasteiger partial charge is 0.262 e. The van der Waals surface area contributed by atoms with Gasteiger partial charge in [0.1, 0.15) is 11.5 Å². The van der Waals surface area contributed by atoms with Crippen molar-refractivity contribution in [2.24, 2.45) is 0 Å². The first-order chi connectivity index (χ1) is 15.5. The molecule has 32 heavy (non-hydrogen) atoms. The van der Waals surface area contributed by atoms with E-state index < -0.39 is 0 Å². The van der Waals surface area contributed by atoms with Gasteiger partial charge >= 0.3 is 0 Å². The van der Waals surface area contributed by atoms with Crippen molar-refractivity contribution < 1.29 is 18.8 Å². The van der Waals surface area contributed by atoms with Crippen molar-refractivity contribution in [1.82, 2.24) is 10.1 Å². The predicted molar refractivity (Wildman–Crippen MR) is 122 cm³/mol. The van der Waals surface area contributed by atoms with Crippen LogP contribution in [0.1, 0.15) is 5.56 Å². The summed E-state index contributed by atoms with van der Waals surface area (Å²) in [5.74, 6) is 1.62. The van der Waals surface area contributed by atoms with Crippen LogP contribution in [0.3, 0.4) is 0 Å². The molecule has 0 atom stereocenters. The largest absolute Gasteiger partial charge is 0.495 e. The van der Waals surface area contributed by atoms with Gasteiger partial charge < -0.3 is 19.3 Å². The van der Waals surface area contributed by atoms with E-state index in [9.17, 15) is 4.79 Å². The SMILES string of the molecule is COc1ccc(Cl)cc1NC(=O)COc1ccc(-c2nc(-c3ccc(C)cc3)no2)cc1. The van der Waals surface area contributed by atoms with E-state index >= 15 is 0 Å². The van der Waals surface area contributed by atoms with E-state index in [1.165, 1.54) is 7.11 Å². The molecule has 1 amide bonds. The van der Waals surface area contributed by atoms with Gasteiger partial charge in [0.15, 0.2) is 6.61 Å². The Bertz CT molecular complexity index is 1220. The standard InChI is InChI=1S/C24H20ClN3O4/c1-15-3-5-16(6-4-15)23-27-24(32-28-23)17-7-10-19(11-8-17)31-14-22(29)26-20-13-18(25)9-12-21(20)30-2/h3-13H,14H2,1-2H3,(H,26,29). The summed E-state index contributed by atoms with van der Waals surface area (Å²) < 4.78 is 16.2. The van der Waals surface area contributed by atoms with Crippen LogP contribution in [0, 0.1) is 6.92 Å². The van der Waals surface area contributed by atoms with Gasteiger partial charge in [0, 0.05) is 16.1 Å². The summed E-state index contributed by atoms with van der Waals surface area (Å²) in [5, 5.41) is 7.26. The first-order valence-electron chi connectivity index (χ1n) is 9.79. The highest BCUT2D eigenvalue weighted by molar-refractivity contribution is 6.31. The molecule has 0 aliphatic rings. The van der Waals surface area contributed by atoms with E-state index in [2.05, 4.69) is 15.5 Å². The topological polar surface area (TPSA) is 86.5 Å². The molecular weight excluding hydrogens is 430 g/mol. The van der Waals surface area contributed by atoms with Crippen molar-refractivity contribution >= 4 is 23.2 Å². The lowest BCUT2D eigenvalue weighted by Gasteiger charge is -2.11. The van der Waals surface area contributed by atoms with Crippen molar-refractivity contribution in [3.8, 4) is 34.3 Å². The molecule has 162 valence electrons. The molecule has 0 aliphatic carbocycles. The van der Waals surface area contributed by atoms with E-state index in [0.29, 0.717) is 33.9 Å². The third-order valence-corrected chi connectivity index (χ3v) is 4.88. The molecule has 0 bridgehead atoms. The van der Waals surface area contributed by atoms with Crippen LogP contribution in [0.5, 0.6) is 11.5 Å². The summed E-state index contributed by atoms with van der Waals surface area (Å²) in [7, 11) is 1.52. The molecule has 0 fully saturated rings. The van der Waals surface area contributed by atoms with E-state index in [4.69, 9.17) is 25.6 Å². The number of nitrogens with one attached hydrogen (secondary N) is 1. The Morgan fingerprint density at radius 1 is 1.03 bits per heavy atom. The number of hydrogen-bond donors (Lipinski definition) is 1. The van der Waals surface area contributed by atoms with Gasteiger partial charge in [0.25, 0.3) is 11.8 Å². The van der Waals surface area contributed by atoms with Gasteiger partial charge in [-0.25, -0.2) is 0 Å². The number of anilines is 1. The summed E-state index contributed by atoms with van der Waals surface area (Å²) in [5.41, 5.74) is 3.27. The number of ether oxygens (including phenoxy) is 2. The third-order valence-electron chi connectivity index (χ3n) is 4.64. The van der Waals surface area contributed by atoms with Crippen LogP contribution in [-0.4, -0.2) is 29.8 Å². The number of methoxy groups -OCH3 is 1. The minimum Gasteiger partial charge on any atom is -0.495 e. The molecule has 0 unspecified atom stereocenters. The number of rotatable bonds is 7. The van der Waals surface area contributed by atoms with Crippen LogP contribution in [0.2, 0.25) is 5.02 Å². The Balaban J connectivity index is 1.37. The Kier molecular flexibility index (Phi) is 6.37. The van der Waals surface area contributed by atoms with Gasteiger partial charge in [-0.2, -0.15) is 4.98 Å². The molecule has 7 nitrogen and oxygen atoms in total. The maximum absolute atomic E-state index is 12.2. The number of amides is 1. The fourth-order valence-corrected chi connectivity index (χ4v) is 3.14. The highest BCUT2D eigenvalue weighted by atomic mass is 35.5. The zero-order chi connectivity index (χ0) is 22.5. The molecule has 0 aliphatic heterocycles. The molecule has 4 rings (SSSR count). The number of benzene rings is 3. The molecule has 0 spiro atoms. The zero-order valence-electron chi connectivity index (χ0n) is 17.5. The number of hydrogen-bond acceptors (Lipinski definition) is 6. The van der Waals surface area contributed by atoms with E-state index in [1.807, 2.05) is 31.2 Å². The maximum atomic E-state index is 12.2. The van der Waals surface area contributed by atoms with Gasteiger partial charge in [0.05, 0.1) is 12.8 Å². The number of carbonyl (C=O) groups is 1. The first kappa shape index (κ1) is 21.4.